The van der Waals surface area contributed by atoms with Gasteiger partial charge in [0, 0.05) is 12.5 Å². The van der Waals surface area contributed by atoms with Crippen LogP contribution in [-0.4, -0.2) is 23.2 Å². The summed E-state index contributed by atoms with van der Waals surface area (Å²) in [7, 11) is 1.97. The number of nitrogens with zero attached hydrogens (tertiary/aromatic N) is 2. The quantitative estimate of drug-likeness (QED) is 0.881. The third-order valence-electron chi connectivity index (χ3n) is 2.73. The maximum atomic E-state index is 5.30. The molecule has 0 saturated carbocycles. The van der Waals surface area contributed by atoms with Gasteiger partial charge in [0.05, 0.1) is 8.66 Å². The highest BCUT2D eigenvalue weighted by atomic mass is 79.9. The SMILES string of the molecule is CCCC(Cc1nc(-c2ccc(Br)s2)no1)NC. The zero-order chi connectivity index (χ0) is 13.0. The Bertz CT molecular complexity index is 497. The third kappa shape index (κ3) is 3.40. The van der Waals surface area contributed by atoms with Gasteiger partial charge in [0.25, 0.3) is 0 Å². The maximum absolute atomic E-state index is 5.30. The summed E-state index contributed by atoms with van der Waals surface area (Å²) in [6.45, 7) is 2.17. The Balaban J connectivity index is 2.06. The second-order valence-corrected chi connectivity index (χ2v) is 6.56. The largest absolute Gasteiger partial charge is 0.339 e. The van der Waals surface area contributed by atoms with Gasteiger partial charge in [-0.15, -0.1) is 11.3 Å². The molecule has 6 heteroatoms. The van der Waals surface area contributed by atoms with E-state index in [1.807, 2.05) is 19.2 Å². The molecule has 1 unspecified atom stereocenters. The monoisotopic (exact) mass is 329 g/mol. The summed E-state index contributed by atoms with van der Waals surface area (Å²) in [5.74, 6) is 1.37. The van der Waals surface area contributed by atoms with Gasteiger partial charge in [0.2, 0.25) is 11.7 Å². The summed E-state index contributed by atoms with van der Waals surface area (Å²) in [6, 6.07) is 4.38. The van der Waals surface area contributed by atoms with Crippen molar-refractivity contribution >= 4 is 27.3 Å². The van der Waals surface area contributed by atoms with Gasteiger partial charge in [-0.1, -0.05) is 18.5 Å². The van der Waals surface area contributed by atoms with E-state index in [0.29, 0.717) is 17.8 Å². The summed E-state index contributed by atoms with van der Waals surface area (Å²) >= 11 is 5.04. The van der Waals surface area contributed by atoms with E-state index in [0.717, 1.165) is 27.9 Å². The Kier molecular flexibility index (Phi) is 4.91. The van der Waals surface area contributed by atoms with Crippen molar-refractivity contribution in [2.75, 3.05) is 7.05 Å². The molecule has 18 heavy (non-hydrogen) atoms. The van der Waals surface area contributed by atoms with Crippen molar-refractivity contribution in [3.63, 3.8) is 0 Å². The molecule has 0 aromatic carbocycles. The van der Waals surface area contributed by atoms with Crippen LogP contribution in [0.25, 0.3) is 10.7 Å². The molecule has 0 aliphatic rings. The number of rotatable bonds is 6. The van der Waals surface area contributed by atoms with E-state index in [4.69, 9.17) is 4.52 Å². The first-order valence-corrected chi connectivity index (χ1v) is 7.59. The van der Waals surface area contributed by atoms with Crippen LogP contribution < -0.4 is 5.32 Å². The highest BCUT2D eigenvalue weighted by Gasteiger charge is 2.14. The molecule has 0 saturated heterocycles. The van der Waals surface area contributed by atoms with E-state index in [9.17, 15) is 0 Å². The van der Waals surface area contributed by atoms with Crippen LogP contribution in [-0.2, 0) is 6.42 Å². The summed E-state index contributed by atoms with van der Waals surface area (Å²) in [5, 5.41) is 7.29. The highest BCUT2D eigenvalue weighted by Crippen LogP contribution is 2.29. The van der Waals surface area contributed by atoms with E-state index in [1.165, 1.54) is 0 Å². The molecule has 1 atom stereocenters. The van der Waals surface area contributed by atoms with Crippen LogP contribution in [0.2, 0.25) is 0 Å². The minimum absolute atomic E-state index is 0.401. The highest BCUT2D eigenvalue weighted by molar-refractivity contribution is 9.11. The number of hydrogen-bond acceptors (Lipinski definition) is 5. The van der Waals surface area contributed by atoms with Gasteiger partial charge in [-0.3, -0.25) is 0 Å². The lowest BCUT2D eigenvalue weighted by atomic mass is 10.1. The first-order chi connectivity index (χ1) is 8.72. The number of hydrogen-bond donors (Lipinski definition) is 1. The Labute approximate surface area is 119 Å². The Morgan fingerprint density at radius 3 is 2.94 bits per heavy atom. The predicted octanol–water partition coefficient (Wildman–Crippen LogP) is 3.49. The van der Waals surface area contributed by atoms with E-state index < -0.39 is 0 Å². The first-order valence-electron chi connectivity index (χ1n) is 5.98. The van der Waals surface area contributed by atoms with Crippen molar-refractivity contribution in [1.82, 2.24) is 15.5 Å². The Hall–Kier alpha value is -0.720. The molecule has 0 radical (unpaired) electrons. The number of likely N-dealkylation sites (N-methyl/N-ethyl adjacent to an activating group) is 1. The average molecular weight is 330 g/mol. The number of nitrogens with one attached hydrogen (secondary N) is 1. The molecular formula is C12H16BrN3OS. The molecular weight excluding hydrogens is 314 g/mol. The fourth-order valence-electron chi connectivity index (χ4n) is 1.78. The van der Waals surface area contributed by atoms with Crippen LogP contribution in [0.1, 0.15) is 25.7 Å². The lowest BCUT2D eigenvalue weighted by molar-refractivity contribution is 0.356. The zero-order valence-corrected chi connectivity index (χ0v) is 12.8. The predicted molar refractivity (Wildman–Crippen MR) is 76.8 cm³/mol. The zero-order valence-electron chi connectivity index (χ0n) is 10.4. The normalized spacial score (nSPS) is 12.8. The molecule has 2 aromatic heterocycles. The van der Waals surface area contributed by atoms with Gasteiger partial charge < -0.3 is 9.84 Å². The third-order valence-corrected chi connectivity index (χ3v) is 4.35. The van der Waals surface area contributed by atoms with Crippen LogP contribution in [0.4, 0.5) is 0 Å². The minimum atomic E-state index is 0.401. The maximum Gasteiger partial charge on any atom is 0.228 e. The van der Waals surface area contributed by atoms with Gasteiger partial charge >= 0.3 is 0 Å². The lowest BCUT2D eigenvalue weighted by Crippen LogP contribution is -2.27. The van der Waals surface area contributed by atoms with Crippen molar-refractivity contribution in [2.24, 2.45) is 0 Å². The van der Waals surface area contributed by atoms with E-state index in [1.54, 1.807) is 11.3 Å². The van der Waals surface area contributed by atoms with Crippen molar-refractivity contribution in [2.45, 2.75) is 32.2 Å². The number of thiophene rings is 1. The molecule has 2 aromatic rings. The smallest absolute Gasteiger partial charge is 0.228 e. The van der Waals surface area contributed by atoms with Gasteiger partial charge in [-0.2, -0.15) is 4.98 Å². The second kappa shape index (κ2) is 6.45. The molecule has 4 nitrogen and oxygen atoms in total. The molecule has 0 spiro atoms. The number of aromatic nitrogens is 2. The summed E-state index contributed by atoms with van der Waals surface area (Å²) < 4.78 is 6.37. The fraction of sp³-hybridized carbons (Fsp3) is 0.500. The molecule has 98 valence electrons. The molecule has 1 N–H and O–H groups in total. The van der Waals surface area contributed by atoms with Crippen LogP contribution in [0.5, 0.6) is 0 Å². The first kappa shape index (κ1) is 13.7. The van der Waals surface area contributed by atoms with Crippen molar-refractivity contribution < 1.29 is 4.52 Å². The Morgan fingerprint density at radius 1 is 1.50 bits per heavy atom. The molecule has 0 aliphatic carbocycles. The molecule has 0 aliphatic heterocycles. The number of halogens is 1. The van der Waals surface area contributed by atoms with Crippen LogP contribution in [0, 0.1) is 0 Å². The van der Waals surface area contributed by atoms with E-state index in [2.05, 4.69) is 38.3 Å². The Morgan fingerprint density at radius 2 is 2.33 bits per heavy atom. The van der Waals surface area contributed by atoms with Crippen molar-refractivity contribution in [1.29, 1.82) is 0 Å². The molecule has 2 rings (SSSR count). The molecule has 2 heterocycles. The molecule has 0 bridgehead atoms. The lowest BCUT2D eigenvalue weighted by Gasteiger charge is -2.11. The second-order valence-electron chi connectivity index (χ2n) is 4.09. The van der Waals surface area contributed by atoms with Crippen LogP contribution >= 0.6 is 27.3 Å². The minimum Gasteiger partial charge on any atom is -0.339 e. The van der Waals surface area contributed by atoms with Crippen molar-refractivity contribution in [3.8, 4) is 10.7 Å². The topological polar surface area (TPSA) is 51.0 Å². The van der Waals surface area contributed by atoms with Gasteiger partial charge in [0.15, 0.2) is 0 Å². The van der Waals surface area contributed by atoms with Gasteiger partial charge in [0.1, 0.15) is 0 Å². The molecule has 0 amide bonds. The average Bonchev–Trinajstić information content (AvgIpc) is 2.97. The van der Waals surface area contributed by atoms with Crippen LogP contribution in [0.3, 0.4) is 0 Å². The molecule has 0 fully saturated rings. The summed E-state index contributed by atoms with van der Waals surface area (Å²) in [4.78, 5) is 5.46. The fourth-order valence-corrected chi connectivity index (χ4v) is 3.09. The van der Waals surface area contributed by atoms with Crippen molar-refractivity contribution in [3.05, 3.63) is 21.8 Å². The summed E-state index contributed by atoms with van der Waals surface area (Å²) in [6.07, 6.45) is 3.03. The van der Waals surface area contributed by atoms with Crippen LogP contribution in [0.15, 0.2) is 20.4 Å². The standard InChI is InChI=1S/C12H16BrN3OS/c1-3-4-8(14-2)7-11-15-12(16-17-11)9-5-6-10(13)18-9/h5-6,8,14H,3-4,7H2,1-2H3. The van der Waals surface area contributed by atoms with E-state index in [-0.39, 0.29) is 0 Å². The summed E-state index contributed by atoms with van der Waals surface area (Å²) in [5.41, 5.74) is 0. The van der Waals surface area contributed by atoms with Gasteiger partial charge in [-0.05, 0) is 41.5 Å². The van der Waals surface area contributed by atoms with E-state index >= 15 is 0 Å². The van der Waals surface area contributed by atoms with Gasteiger partial charge in [-0.25, -0.2) is 0 Å².